The Morgan fingerprint density at radius 3 is 3.00 bits per heavy atom. The second-order valence-electron chi connectivity index (χ2n) is 5.46. The molecule has 0 aromatic rings. The molecule has 88 valence electrons. The molecule has 0 radical (unpaired) electrons. The Morgan fingerprint density at radius 2 is 2.25 bits per heavy atom. The standard InChI is InChI=1S/C13H18O3/c1-13-6-4-3-5-8-11(13)10(12(14)16-8)9(7-13)15-2/h8-9H,3-7H2,1-2H3/t8-,9-,13-/m1/s1. The van der Waals surface area contributed by atoms with Crippen molar-refractivity contribution in [3.05, 3.63) is 11.1 Å². The summed E-state index contributed by atoms with van der Waals surface area (Å²) in [4.78, 5) is 11.9. The number of methoxy groups -OCH3 is 1. The first kappa shape index (κ1) is 10.3. The first-order valence-electron chi connectivity index (χ1n) is 6.14. The second kappa shape index (κ2) is 3.33. The summed E-state index contributed by atoms with van der Waals surface area (Å²) in [6.45, 7) is 2.27. The van der Waals surface area contributed by atoms with Crippen LogP contribution in [0.2, 0.25) is 0 Å². The van der Waals surface area contributed by atoms with E-state index in [-0.39, 0.29) is 23.6 Å². The van der Waals surface area contributed by atoms with Crippen molar-refractivity contribution >= 4 is 5.97 Å². The number of esters is 1. The maximum absolute atomic E-state index is 11.9. The lowest BCUT2D eigenvalue weighted by Gasteiger charge is -2.28. The zero-order valence-corrected chi connectivity index (χ0v) is 9.91. The van der Waals surface area contributed by atoms with Crippen LogP contribution in [0.1, 0.15) is 39.0 Å². The topological polar surface area (TPSA) is 35.5 Å². The van der Waals surface area contributed by atoms with Gasteiger partial charge in [-0.2, -0.15) is 0 Å². The van der Waals surface area contributed by atoms with E-state index in [0.717, 1.165) is 18.4 Å². The molecule has 3 heteroatoms. The number of hydrogen-bond donors (Lipinski definition) is 0. The number of hydrogen-bond acceptors (Lipinski definition) is 3. The van der Waals surface area contributed by atoms with E-state index in [0.29, 0.717) is 0 Å². The van der Waals surface area contributed by atoms with Gasteiger partial charge in [0.05, 0.1) is 11.7 Å². The van der Waals surface area contributed by atoms with E-state index in [9.17, 15) is 4.79 Å². The Labute approximate surface area is 95.8 Å². The highest BCUT2D eigenvalue weighted by atomic mass is 16.6. The molecule has 3 nitrogen and oxygen atoms in total. The lowest BCUT2D eigenvalue weighted by atomic mass is 9.78. The van der Waals surface area contributed by atoms with Crippen LogP contribution < -0.4 is 0 Å². The Balaban J connectivity index is 2.09. The van der Waals surface area contributed by atoms with E-state index in [1.165, 1.54) is 24.8 Å². The fraction of sp³-hybridized carbons (Fsp3) is 0.769. The van der Waals surface area contributed by atoms with Gasteiger partial charge < -0.3 is 9.47 Å². The van der Waals surface area contributed by atoms with E-state index in [2.05, 4.69) is 6.92 Å². The highest BCUT2D eigenvalue weighted by molar-refractivity contribution is 5.94. The summed E-state index contributed by atoms with van der Waals surface area (Å²) in [6.07, 6.45) is 5.54. The molecular formula is C13H18O3. The fourth-order valence-electron chi connectivity index (χ4n) is 3.66. The smallest absolute Gasteiger partial charge is 0.337 e. The second-order valence-corrected chi connectivity index (χ2v) is 5.46. The van der Waals surface area contributed by atoms with Gasteiger partial charge in [0.15, 0.2) is 0 Å². The number of carbonyl (C=O) groups excluding carboxylic acids is 1. The van der Waals surface area contributed by atoms with Gasteiger partial charge in [-0.05, 0) is 36.7 Å². The summed E-state index contributed by atoms with van der Waals surface area (Å²) in [7, 11) is 1.69. The minimum atomic E-state index is -0.127. The summed E-state index contributed by atoms with van der Waals surface area (Å²) >= 11 is 0. The maximum atomic E-state index is 11.9. The molecule has 0 aromatic carbocycles. The highest BCUT2D eigenvalue weighted by Gasteiger charge is 2.53. The normalized spacial score (nSPS) is 42.0. The first-order chi connectivity index (χ1) is 7.65. The lowest BCUT2D eigenvalue weighted by molar-refractivity contribution is -0.141. The molecule has 1 saturated carbocycles. The molecule has 3 rings (SSSR count). The van der Waals surface area contributed by atoms with Gasteiger partial charge in [-0.15, -0.1) is 0 Å². The average molecular weight is 222 g/mol. The monoisotopic (exact) mass is 222 g/mol. The Hall–Kier alpha value is -0.830. The van der Waals surface area contributed by atoms with Crippen LogP contribution in [0.4, 0.5) is 0 Å². The molecule has 1 heterocycles. The van der Waals surface area contributed by atoms with Gasteiger partial charge in [-0.25, -0.2) is 4.79 Å². The van der Waals surface area contributed by atoms with Crippen LogP contribution in [0.25, 0.3) is 0 Å². The molecule has 0 amide bonds. The van der Waals surface area contributed by atoms with Crippen LogP contribution in [0.5, 0.6) is 0 Å². The zero-order chi connectivity index (χ0) is 11.3. The van der Waals surface area contributed by atoms with Gasteiger partial charge in [-0.1, -0.05) is 13.3 Å². The molecule has 3 atom stereocenters. The fourth-order valence-corrected chi connectivity index (χ4v) is 3.66. The Bertz CT molecular complexity index is 371. The van der Waals surface area contributed by atoms with Crippen LogP contribution in [0.15, 0.2) is 11.1 Å². The van der Waals surface area contributed by atoms with Gasteiger partial charge in [0.25, 0.3) is 0 Å². The van der Waals surface area contributed by atoms with E-state index in [4.69, 9.17) is 9.47 Å². The van der Waals surface area contributed by atoms with E-state index in [1.54, 1.807) is 7.11 Å². The van der Waals surface area contributed by atoms with Crippen LogP contribution in [0.3, 0.4) is 0 Å². The third-order valence-corrected chi connectivity index (χ3v) is 4.42. The number of ether oxygens (including phenoxy) is 2. The molecule has 3 aliphatic rings. The molecule has 0 aromatic heterocycles. The van der Waals surface area contributed by atoms with Crippen molar-refractivity contribution in [1.29, 1.82) is 0 Å². The first-order valence-corrected chi connectivity index (χ1v) is 6.14. The van der Waals surface area contributed by atoms with Crippen molar-refractivity contribution in [3.63, 3.8) is 0 Å². The molecule has 0 spiro atoms. The van der Waals surface area contributed by atoms with Crippen molar-refractivity contribution < 1.29 is 14.3 Å². The van der Waals surface area contributed by atoms with Gasteiger partial charge >= 0.3 is 5.97 Å². The molecule has 0 unspecified atom stereocenters. The number of carbonyl (C=O) groups is 1. The van der Waals surface area contributed by atoms with Crippen molar-refractivity contribution in [2.75, 3.05) is 7.11 Å². The van der Waals surface area contributed by atoms with Gasteiger partial charge in [0, 0.05) is 7.11 Å². The maximum Gasteiger partial charge on any atom is 0.337 e. The largest absolute Gasteiger partial charge is 0.454 e. The predicted molar refractivity (Wildman–Crippen MR) is 58.9 cm³/mol. The van der Waals surface area contributed by atoms with E-state index < -0.39 is 0 Å². The molecule has 1 aliphatic heterocycles. The predicted octanol–water partition coefficient (Wildman–Crippen LogP) is 2.21. The van der Waals surface area contributed by atoms with Gasteiger partial charge in [0.1, 0.15) is 6.10 Å². The molecule has 2 aliphatic carbocycles. The van der Waals surface area contributed by atoms with Crippen LogP contribution in [0, 0.1) is 5.41 Å². The summed E-state index contributed by atoms with van der Waals surface area (Å²) in [5, 5.41) is 0. The molecular weight excluding hydrogens is 204 g/mol. The molecule has 0 bridgehead atoms. The molecule has 0 N–H and O–H groups in total. The van der Waals surface area contributed by atoms with E-state index in [1.807, 2.05) is 0 Å². The molecule has 1 fully saturated rings. The summed E-state index contributed by atoms with van der Waals surface area (Å²) in [5.74, 6) is -0.127. The molecule has 0 saturated heterocycles. The summed E-state index contributed by atoms with van der Waals surface area (Å²) in [5.41, 5.74) is 2.25. The van der Waals surface area contributed by atoms with Crippen LogP contribution >= 0.6 is 0 Å². The third-order valence-electron chi connectivity index (χ3n) is 4.42. The minimum absolute atomic E-state index is 0.0319. The van der Waals surface area contributed by atoms with E-state index >= 15 is 0 Å². The molecule has 16 heavy (non-hydrogen) atoms. The quantitative estimate of drug-likeness (QED) is 0.638. The van der Waals surface area contributed by atoms with Gasteiger partial charge in [0.2, 0.25) is 0 Å². The van der Waals surface area contributed by atoms with Crippen LogP contribution in [-0.4, -0.2) is 25.3 Å². The van der Waals surface area contributed by atoms with Crippen molar-refractivity contribution in [2.45, 2.75) is 51.2 Å². The summed E-state index contributed by atoms with van der Waals surface area (Å²) in [6, 6.07) is 0. The Kier molecular flexibility index (Phi) is 2.15. The third kappa shape index (κ3) is 1.21. The summed E-state index contributed by atoms with van der Waals surface area (Å²) < 4.78 is 10.9. The Morgan fingerprint density at radius 1 is 1.44 bits per heavy atom. The van der Waals surface area contributed by atoms with Crippen molar-refractivity contribution in [2.24, 2.45) is 5.41 Å². The van der Waals surface area contributed by atoms with Gasteiger partial charge in [-0.3, -0.25) is 0 Å². The van der Waals surface area contributed by atoms with Crippen LogP contribution in [-0.2, 0) is 14.3 Å². The number of rotatable bonds is 1. The average Bonchev–Trinajstić information content (AvgIpc) is 2.68. The zero-order valence-electron chi connectivity index (χ0n) is 9.91. The van der Waals surface area contributed by atoms with Crippen molar-refractivity contribution in [3.8, 4) is 0 Å². The minimum Gasteiger partial charge on any atom is -0.454 e. The highest BCUT2D eigenvalue weighted by Crippen LogP contribution is 2.54. The van der Waals surface area contributed by atoms with Crippen molar-refractivity contribution in [1.82, 2.24) is 0 Å². The SMILES string of the molecule is CO[C@@H]1C[C@@]2(C)CCCC[C@H]3OC(=O)C1=C32. The lowest BCUT2D eigenvalue weighted by Crippen LogP contribution is -2.26.